The third-order valence-corrected chi connectivity index (χ3v) is 4.72. The van der Waals surface area contributed by atoms with Gasteiger partial charge in [0.2, 0.25) is 6.10 Å². The number of hydrogen-bond donors (Lipinski definition) is 1. The lowest BCUT2D eigenvalue weighted by molar-refractivity contribution is -0.160. The summed E-state index contributed by atoms with van der Waals surface area (Å²) in [4.78, 5) is 45.6. The van der Waals surface area contributed by atoms with Crippen molar-refractivity contribution in [3.8, 4) is 0 Å². The van der Waals surface area contributed by atoms with Crippen molar-refractivity contribution in [2.45, 2.75) is 63.4 Å². The molecule has 1 aliphatic heterocycles. The molecular weight excluding hydrogens is 324 g/mol. The quantitative estimate of drug-likeness (QED) is 0.748. The first-order valence-electron chi connectivity index (χ1n) is 7.50. The van der Waals surface area contributed by atoms with Gasteiger partial charge in [-0.3, -0.25) is 14.4 Å². The number of rotatable bonds is 5. The number of carbonyl (C=O) groups excluding carboxylic acids is 3. The molecule has 0 aliphatic carbocycles. The largest absolute Gasteiger partial charge is 0.478 e. The van der Waals surface area contributed by atoms with E-state index in [0.29, 0.717) is 19.3 Å². The van der Waals surface area contributed by atoms with Gasteiger partial charge < -0.3 is 14.6 Å². The summed E-state index contributed by atoms with van der Waals surface area (Å²) in [6.07, 6.45) is 0.183. The minimum absolute atomic E-state index is 0.0400. The molecule has 130 valence electrons. The van der Waals surface area contributed by atoms with Crippen LogP contribution in [0.1, 0.15) is 46.0 Å². The van der Waals surface area contributed by atoms with Crippen LogP contribution in [0.25, 0.3) is 0 Å². The number of carboxylic acid groups (broad SMARTS) is 1. The molecule has 1 saturated heterocycles. The highest BCUT2D eigenvalue weighted by atomic mass is 32.2. The first-order chi connectivity index (χ1) is 10.8. The Kier molecular flexibility index (Phi) is 8.08. The van der Waals surface area contributed by atoms with Crippen molar-refractivity contribution in [3.05, 3.63) is 0 Å². The van der Waals surface area contributed by atoms with Gasteiger partial charge in [0, 0.05) is 37.2 Å². The van der Waals surface area contributed by atoms with Gasteiger partial charge in [0.1, 0.15) is 5.78 Å². The Labute approximate surface area is 139 Å². The Morgan fingerprint density at radius 1 is 1.35 bits per heavy atom. The number of ketones is 1. The van der Waals surface area contributed by atoms with Crippen LogP contribution in [0.2, 0.25) is 0 Å². The second-order valence-electron chi connectivity index (χ2n) is 5.51. The van der Waals surface area contributed by atoms with Crippen LogP contribution in [0.5, 0.6) is 0 Å². The first-order valence-corrected chi connectivity index (χ1v) is 8.55. The predicted molar refractivity (Wildman–Crippen MR) is 83.1 cm³/mol. The molecule has 0 amide bonds. The minimum atomic E-state index is -1.25. The molecule has 0 spiro atoms. The van der Waals surface area contributed by atoms with E-state index < -0.39 is 18.0 Å². The highest BCUT2D eigenvalue weighted by Gasteiger charge is 2.25. The van der Waals surface area contributed by atoms with Crippen molar-refractivity contribution in [3.63, 3.8) is 0 Å². The van der Waals surface area contributed by atoms with Crippen LogP contribution in [0.3, 0.4) is 0 Å². The van der Waals surface area contributed by atoms with Crippen molar-refractivity contribution in [1.82, 2.24) is 0 Å². The van der Waals surface area contributed by atoms with Gasteiger partial charge >= 0.3 is 17.9 Å². The maximum Gasteiger partial charge on any atom is 0.345 e. The average Bonchev–Trinajstić information content (AvgIpc) is 2.45. The van der Waals surface area contributed by atoms with Gasteiger partial charge in [-0.1, -0.05) is 0 Å². The van der Waals surface area contributed by atoms with E-state index in [9.17, 15) is 19.2 Å². The van der Waals surface area contributed by atoms with Crippen LogP contribution in [-0.4, -0.2) is 52.0 Å². The fourth-order valence-electron chi connectivity index (χ4n) is 2.17. The molecule has 0 saturated carbocycles. The Balaban J connectivity index is 2.60. The number of hydrogen-bond acceptors (Lipinski definition) is 7. The smallest absolute Gasteiger partial charge is 0.345 e. The molecule has 0 aromatic carbocycles. The van der Waals surface area contributed by atoms with Gasteiger partial charge in [0.15, 0.2) is 0 Å². The Hall–Kier alpha value is -1.57. The van der Waals surface area contributed by atoms with Crippen LogP contribution < -0.4 is 0 Å². The second kappa shape index (κ2) is 9.54. The lowest BCUT2D eigenvalue weighted by atomic mass is 10.0. The van der Waals surface area contributed by atoms with E-state index in [1.165, 1.54) is 11.8 Å². The number of ether oxygens (including phenoxy) is 2. The standard InChI is InChI=1S/C15H22O7S/c1-9-3-4-11(17)7-12(5-6-14(18)21-9)23-8-13(15(19)20)22-10(2)16/h9,12-13H,3-8H2,1-2H3,(H,19,20)/t9-,12+,13+/m1/s1. The van der Waals surface area contributed by atoms with E-state index in [-0.39, 0.29) is 41.7 Å². The Morgan fingerprint density at radius 2 is 2.04 bits per heavy atom. The second-order valence-corrected chi connectivity index (χ2v) is 6.85. The van der Waals surface area contributed by atoms with Gasteiger partial charge in [-0.05, 0) is 19.8 Å². The summed E-state index contributed by atoms with van der Waals surface area (Å²) in [5, 5.41) is 8.83. The molecule has 7 nitrogen and oxygen atoms in total. The van der Waals surface area contributed by atoms with Gasteiger partial charge in [0.05, 0.1) is 6.10 Å². The predicted octanol–water partition coefficient (Wildman–Crippen LogP) is 1.57. The molecule has 1 fully saturated rings. The van der Waals surface area contributed by atoms with Crippen molar-refractivity contribution >= 4 is 35.5 Å². The highest BCUT2D eigenvalue weighted by molar-refractivity contribution is 8.00. The number of thioether (sulfide) groups is 1. The van der Waals surface area contributed by atoms with Crippen molar-refractivity contribution in [1.29, 1.82) is 0 Å². The molecule has 0 bridgehead atoms. The summed E-state index contributed by atoms with van der Waals surface area (Å²) < 4.78 is 9.91. The monoisotopic (exact) mass is 346 g/mol. The summed E-state index contributed by atoms with van der Waals surface area (Å²) in [7, 11) is 0. The summed E-state index contributed by atoms with van der Waals surface area (Å²) in [6, 6.07) is 0. The van der Waals surface area contributed by atoms with Crippen molar-refractivity contribution in [2.75, 3.05) is 5.75 Å². The molecule has 1 N–H and O–H groups in total. The zero-order valence-corrected chi connectivity index (χ0v) is 14.1. The number of carboxylic acids is 1. The van der Waals surface area contributed by atoms with E-state index in [2.05, 4.69) is 0 Å². The fourth-order valence-corrected chi connectivity index (χ4v) is 3.41. The number of cyclic esters (lactones) is 1. The SMILES string of the molecule is CC(=O)O[C@@H](CS[C@H]1CCC(=O)O[C@H](C)CCC(=O)C1)C(=O)O. The minimum Gasteiger partial charge on any atom is -0.478 e. The number of carbonyl (C=O) groups is 4. The molecule has 1 heterocycles. The number of Topliss-reactive ketones (excluding diaryl/α,β-unsaturated/α-hetero) is 1. The molecule has 0 unspecified atom stereocenters. The lowest BCUT2D eigenvalue weighted by Crippen LogP contribution is -2.30. The maximum absolute atomic E-state index is 11.9. The Bertz CT molecular complexity index is 463. The van der Waals surface area contributed by atoms with E-state index in [0.717, 1.165) is 6.92 Å². The van der Waals surface area contributed by atoms with Crippen LogP contribution in [0.15, 0.2) is 0 Å². The molecule has 1 aliphatic rings. The molecule has 0 aromatic rings. The third kappa shape index (κ3) is 8.01. The van der Waals surface area contributed by atoms with Crippen molar-refractivity contribution in [2.24, 2.45) is 0 Å². The molecule has 8 heteroatoms. The average molecular weight is 346 g/mol. The van der Waals surface area contributed by atoms with Crippen LogP contribution in [-0.2, 0) is 28.7 Å². The fraction of sp³-hybridized carbons (Fsp3) is 0.733. The highest BCUT2D eigenvalue weighted by Crippen LogP contribution is 2.25. The van der Waals surface area contributed by atoms with E-state index in [4.69, 9.17) is 14.6 Å². The van der Waals surface area contributed by atoms with Crippen molar-refractivity contribution < 1.29 is 33.8 Å². The summed E-state index contributed by atoms with van der Waals surface area (Å²) in [5.41, 5.74) is 0. The van der Waals surface area contributed by atoms with E-state index >= 15 is 0 Å². The Morgan fingerprint density at radius 3 is 2.65 bits per heavy atom. The van der Waals surface area contributed by atoms with Crippen LogP contribution in [0, 0.1) is 0 Å². The van der Waals surface area contributed by atoms with Gasteiger partial charge in [-0.15, -0.1) is 0 Å². The molecule has 23 heavy (non-hydrogen) atoms. The first kappa shape index (κ1) is 19.5. The van der Waals surface area contributed by atoms with E-state index in [1.807, 2.05) is 0 Å². The number of aliphatic carboxylic acids is 1. The molecule has 0 radical (unpaired) electrons. The van der Waals surface area contributed by atoms with E-state index in [1.54, 1.807) is 6.92 Å². The number of esters is 2. The topological polar surface area (TPSA) is 107 Å². The normalized spacial score (nSPS) is 24.4. The summed E-state index contributed by atoms with van der Waals surface area (Å²) >= 11 is 1.23. The van der Waals surface area contributed by atoms with Crippen LogP contribution in [0.4, 0.5) is 0 Å². The molecule has 1 rings (SSSR count). The molecule has 3 atom stereocenters. The summed E-state index contributed by atoms with van der Waals surface area (Å²) in [5.74, 6) is -2.11. The zero-order chi connectivity index (χ0) is 17.4. The maximum atomic E-state index is 11.9. The summed E-state index contributed by atoms with van der Waals surface area (Å²) in [6.45, 7) is 2.90. The molecule has 0 aromatic heterocycles. The molecular formula is C15H22O7S. The lowest BCUT2D eigenvalue weighted by Gasteiger charge is -2.21. The third-order valence-electron chi connectivity index (χ3n) is 3.36. The van der Waals surface area contributed by atoms with Gasteiger partial charge in [0.25, 0.3) is 0 Å². The zero-order valence-electron chi connectivity index (χ0n) is 13.3. The van der Waals surface area contributed by atoms with Crippen LogP contribution >= 0.6 is 11.8 Å². The van der Waals surface area contributed by atoms with Gasteiger partial charge in [-0.25, -0.2) is 4.79 Å². The van der Waals surface area contributed by atoms with Gasteiger partial charge in [-0.2, -0.15) is 11.8 Å².